The number of rotatable bonds is 4. The molecule has 0 unspecified atom stereocenters. The molecule has 0 amide bonds. The van der Waals surface area contributed by atoms with Gasteiger partial charge >= 0.3 is 0 Å². The molecule has 0 radical (unpaired) electrons. The standard InChI is InChI=1S/C13H8BrF2NO4S/c14-7-1-4-12(11(16)5-7)17-22(20,21)8-2-3-10(15)9(6-8)13(18)19/h1-6,17H,(H,18,19)/p-1. The van der Waals surface area contributed by atoms with Crippen LogP contribution in [0, 0.1) is 11.6 Å². The molecule has 0 heterocycles. The van der Waals surface area contributed by atoms with Crippen LogP contribution >= 0.6 is 15.9 Å². The predicted octanol–water partition coefficient (Wildman–Crippen LogP) is 1.89. The lowest BCUT2D eigenvalue weighted by Crippen LogP contribution is -2.24. The second kappa shape index (κ2) is 6.01. The van der Waals surface area contributed by atoms with E-state index in [0.29, 0.717) is 16.6 Å². The fraction of sp³-hybridized carbons (Fsp3) is 0. The van der Waals surface area contributed by atoms with Gasteiger partial charge in [-0.15, -0.1) is 0 Å². The number of carbonyl (C=O) groups is 1. The largest absolute Gasteiger partial charge is 0.545 e. The van der Waals surface area contributed by atoms with E-state index in [1.165, 1.54) is 12.1 Å². The Kier molecular flexibility index (Phi) is 4.47. The van der Waals surface area contributed by atoms with Gasteiger partial charge in [-0.3, -0.25) is 4.72 Å². The van der Waals surface area contributed by atoms with Gasteiger partial charge in [-0.2, -0.15) is 0 Å². The third kappa shape index (κ3) is 3.42. The Balaban J connectivity index is 2.42. The number of anilines is 1. The summed E-state index contributed by atoms with van der Waals surface area (Å²) in [6.45, 7) is 0. The van der Waals surface area contributed by atoms with Crippen LogP contribution in [-0.2, 0) is 10.0 Å². The topological polar surface area (TPSA) is 86.3 Å². The summed E-state index contributed by atoms with van der Waals surface area (Å²) < 4.78 is 53.5. The zero-order valence-electron chi connectivity index (χ0n) is 10.6. The molecule has 0 saturated carbocycles. The molecule has 0 aliphatic rings. The van der Waals surface area contributed by atoms with E-state index in [0.717, 1.165) is 12.1 Å². The lowest BCUT2D eigenvalue weighted by Gasteiger charge is -2.11. The molecule has 0 spiro atoms. The second-order valence-corrected chi connectivity index (χ2v) is 6.76. The average molecular weight is 391 g/mol. The van der Waals surface area contributed by atoms with Crippen molar-refractivity contribution in [2.24, 2.45) is 0 Å². The molecule has 9 heteroatoms. The number of aromatic carboxylic acids is 1. The highest BCUT2D eigenvalue weighted by Crippen LogP contribution is 2.23. The summed E-state index contributed by atoms with van der Waals surface area (Å²) in [6, 6.07) is 5.79. The molecule has 0 aliphatic heterocycles. The summed E-state index contributed by atoms with van der Waals surface area (Å²) in [4.78, 5) is 10.2. The number of hydrogen-bond acceptors (Lipinski definition) is 4. The van der Waals surface area contributed by atoms with Gasteiger partial charge in [0.15, 0.2) is 0 Å². The number of carboxylic acids is 1. The second-order valence-electron chi connectivity index (χ2n) is 4.16. The van der Waals surface area contributed by atoms with E-state index in [2.05, 4.69) is 15.9 Å². The first-order chi connectivity index (χ1) is 10.2. The molecule has 0 aliphatic carbocycles. The monoisotopic (exact) mass is 390 g/mol. The Hall–Kier alpha value is -2.00. The fourth-order valence-electron chi connectivity index (χ4n) is 1.60. The van der Waals surface area contributed by atoms with E-state index >= 15 is 0 Å². The fourth-order valence-corrected chi connectivity index (χ4v) is 3.03. The van der Waals surface area contributed by atoms with Crippen LogP contribution in [0.1, 0.15) is 10.4 Å². The normalized spacial score (nSPS) is 11.2. The van der Waals surface area contributed by atoms with Crippen LogP contribution in [0.2, 0.25) is 0 Å². The number of nitrogens with one attached hydrogen (secondary N) is 1. The van der Waals surface area contributed by atoms with Gasteiger partial charge in [-0.05, 0) is 36.4 Å². The van der Waals surface area contributed by atoms with Gasteiger partial charge < -0.3 is 9.90 Å². The molecule has 0 aromatic heterocycles. The maximum Gasteiger partial charge on any atom is 0.262 e. The molecule has 0 bridgehead atoms. The molecule has 2 aromatic rings. The highest BCUT2D eigenvalue weighted by Gasteiger charge is 2.18. The zero-order chi connectivity index (χ0) is 16.5. The van der Waals surface area contributed by atoms with Crippen molar-refractivity contribution in [1.29, 1.82) is 0 Å². The van der Waals surface area contributed by atoms with Gasteiger partial charge in [0, 0.05) is 10.0 Å². The summed E-state index contributed by atoms with van der Waals surface area (Å²) in [5.74, 6) is -3.82. The molecule has 116 valence electrons. The number of halogens is 3. The number of carbonyl (C=O) groups excluding carboxylic acids is 1. The third-order valence-corrected chi connectivity index (χ3v) is 4.50. The zero-order valence-corrected chi connectivity index (χ0v) is 13.0. The first-order valence-electron chi connectivity index (χ1n) is 5.69. The van der Waals surface area contributed by atoms with E-state index in [4.69, 9.17) is 0 Å². The Morgan fingerprint density at radius 1 is 1.09 bits per heavy atom. The van der Waals surface area contributed by atoms with Crippen LogP contribution in [-0.4, -0.2) is 14.4 Å². The summed E-state index contributed by atoms with van der Waals surface area (Å²) in [5, 5.41) is 10.7. The molecule has 0 saturated heterocycles. The van der Waals surface area contributed by atoms with Crippen LogP contribution in [0.5, 0.6) is 0 Å². The van der Waals surface area contributed by atoms with Crippen LogP contribution in [0.25, 0.3) is 0 Å². The van der Waals surface area contributed by atoms with Crippen molar-refractivity contribution in [1.82, 2.24) is 0 Å². The van der Waals surface area contributed by atoms with Gasteiger partial charge in [-0.25, -0.2) is 17.2 Å². The van der Waals surface area contributed by atoms with Crippen molar-refractivity contribution in [3.63, 3.8) is 0 Å². The van der Waals surface area contributed by atoms with E-state index in [9.17, 15) is 27.1 Å². The van der Waals surface area contributed by atoms with Crippen molar-refractivity contribution in [2.75, 3.05) is 4.72 Å². The van der Waals surface area contributed by atoms with Crippen molar-refractivity contribution in [3.05, 3.63) is 58.1 Å². The average Bonchev–Trinajstić information content (AvgIpc) is 2.42. The summed E-state index contributed by atoms with van der Waals surface area (Å²) in [7, 11) is -4.28. The SMILES string of the molecule is O=C([O-])c1cc(S(=O)(=O)Nc2ccc(Br)cc2F)ccc1F. The maximum absolute atomic E-state index is 13.6. The Morgan fingerprint density at radius 2 is 1.77 bits per heavy atom. The minimum Gasteiger partial charge on any atom is -0.545 e. The van der Waals surface area contributed by atoms with Crippen molar-refractivity contribution < 1.29 is 27.1 Å². The first-order valence-corrected chi connectivity index (χ1v) is 7.97. The van der Waals surface area contributed by atoms with Gasteiger partial charge in [0.25, 0.3) is 10.0 Å². The Bertz CT molecular complexity index is 855. The number of carboxylic acid groups (broad SMARTS) is 1. The molecule has 2 aromatic carbocycles. The minimum absolute atomic E-state index is 0.331. The van der Waals surface area contributed by atoms with Gasteiger partial charge in [0.05, 0.1) is 16.6 Å². The van der Waals surface area contributed by atoms with Crippen LogP contribution < -0.4 is 9.83 Å². The van der Waals surface area contributed by atoms with E-state index in [-0.39, 0.29) is 5.69 Å². The van der Waals surface area contributed by atoms with E-state index in [1.54, 1.807) is 0 Å². The van der Waals surface area contributed by atoms with Crippen LogP contribution in [0.3, 0.4) is 0 Å². The quantitative estimate of drug-likeness (QED) is 0.863. The minimum atomic E-state index is -4.28. The molecular weight excluding hydrogens is 384 g/mol. The molecule has 1 N–H and O–H groups in total. The van der Waals surface area contributed by atoms with Crippen molar-refractivity contribution >= 4 is 37.6 Å². The third-order valence-electron chi connectivity index (χ3n) is 2.64. The van der Waals surface area contributed by atoms with Crippen LogP contribution in [0.15, 0.2) is 45.8 Å². The molecule has 0 atom stereocenters. The maximum atomic E-state index is 13.6. The number of benzene rings is 2. The van der Waals surface area contributed by atoms with Gasteiger partial charge in [-0.1, -0.05) is 15.9 Å². The molecule has 5 nitrogen and oxygen atoms in total. The highest BCUT2D eigenvalue weighted by atomic mass is 79.9. The Morgan fingerprint density at radius 3 is 2.36 bits per heavy atom. The van der Waals surface area contributed by atoms with Crippen molar-refractivity contribution in [2.45, 2.75) is 4.90 Å². The molecule has 22 heavy (non-hydrogen) atoms. The predicted molar refractivity (Wildman–Crippen MR) is 75.6 cm³/mol. The summed E-state index contributed by atoms with van der Waals surface area (Å²) in [6.07, 6.45) is 0. The summed E-state index contributed by atoms with van der Waals surface area (Å²) in [5.41, 5.74) is -1.23. The number of sulfonamides is 1. The van der Waals surface area contributed by atoms with Crippen LogP contribution in [0.4, 0.5) is 14.5 Å². The lowest BCUT2D eigenvalue weighted by molar-refractivity contribution is -0.255. The van der Waals surface area contributed by atoms with Gasteiger partial charge in [0.1, 0.15) is 11.6 Å². The van der Waals surface area contributed by atoms with E-state index in [1.807, 2.05) is 4.72 Å². The van der Waals surface area contributed by atoms with Crippen molar-refractivity contribution in [3.8, 4) is 0 Å². The van der Waals surface area contributed by atoms with E-state index < -0.39 is 38.1 Å². The smallest absolute Gasteiger partial charge is 0.262 e. The lowest BCUT2D eigenvalue weighted by atomic mass is 10.2. The number of hydrogen-bond donors (Lipinski definition) is 1. The first kappa shape index (κ1) is 16.4. The Labute approximate surface area is 132 Å². The summed E-state index contributed by atoms with van der Waals surface area (Å²) >= 11 is 3.02. The van der Waals surface area contributed by atoms with Gasteiger partial charge in [0.2, 0.25) is 0 Å². The highest BCUT2D eigenvalue weighted by molar-refractivity contribution is 9.10. The molecule has 2 rings (SSSR count). The molecule has 0 fully saturated rings. The molecular formula is C13H7BrF2NO4S-.